The lowest BCUT2D eigenvalue weighted by molar-refractivity contribution is -0.121. The molecule has 1 amide bonds. The van der Waals surface area contributed by atoms with Gasteiger partial charge in [0.15, 0.2) is 0 Å². The number of carbonyl (C=O) groups excluding carboxylic acids is 1. The number of rotatable bonds is 7. The Bertz CT molecular complexity index is 1020. The number of aryl methyl sites for hydroxylation is 1. The zero-order valence-corrected chi connectivity index (χ0v) is 16.5. The number of thiophene rings is 1. The van der Waals surface area contributed by atoms with Gasteiger partial charge < -0.3 is 10.5 Å². The maximum Gasteiger partial charge on any atom is 0.263 e. The number of methoxy groups -OCH3 is 1. The van der Waals surface area contributed by atoms with Crippen LogP contribution in [0.3, 0.4) is 0 Å². The van der Waals surface area contributed by atoms with Crippen LogP contribution in [-0.4, -0.2) is 22.6 Å². The highest BCUT2D eigenvalue weighted by molar-refractivity contribution is 7.18. The van der Waals surface area contributed by atoms with Crippen molar-refractivity contribution in [2.75, 3.05) is 7.11 Å². The molecule has 1 unspecified atom stereocenters. The van der Waals surface area contributed by atoms with Gasteiger partial charge >= 0.3 is 0 Å². The Morgan fingerprint density at radius 3 is 2.56 bits per heavy atom. The molecule has 0 aliphatic rings. The van der Waals surface area contributed by atoms with Gasteiger partial charge in [-0.15, -0.1) is 11.3 Å². The molecule has 6 nitrogen and oxygen atoms in total. The first-order valence-electron chi connectivity index (χ1n) is 8.94. The van der Waals surface area contributed by atoms with E-state index in [2.05, 4.69) is 0 Å². The molecule has 0 radical (unpaired) electrons. The van der Waals surface area contributed by atoms with Crippen molar-refractivity contribution in [1.29, 1.82) is 0 Å². The molecule has 2 heterocycles. The second-order valence-electron chi connectivity index (χ2n) is 6.34. The van der Waals surface area contributed by atoms with Gasteiger partial charge in [-0.25, -0.2) is 4.98 Å². The number of fused-ring (bicyclic) bond motifs is 1. The summed E-state index contributed by atoms with van der Waals surface area (Å²) in [6.07, 6.45) is 1.70. The summed E-state index contributed by atoms with van der Waals surface area (Å²) in [4.78, 5) is 31.7. The van der Waals surface area contributed by atoms with Crippen LogP contribution in [0.1, 0.15) is 42.6 Å². The van der Waals surface area contributed by atoms with Gasteiger partial charge in [0.25, 0.3) is 5.56 Å². The van der Waals surface area contributed by atoms with Crippen molar-refractivity contribution < 1.29 is 9.53 Å². The highest BCUT2D eigenvalue weighted by Gasteiger charge is 2.23. The van der Waals surface area contributed by atoms with E-state index in [0.717, 1.165) is 22.6 Å². The third kappa shape index (κ3) is 3.73. The van der Waals surface area contributed by atoms with Crippen LogP contribution < -0.4 is 16.0 Å². The van der Waals surface area contributed by atoms with Crippen molar-refractivity contribution in [3.63, 3.8) is 0 Å². The molecule has 0 saturated carbocycles. The fourth-order valence-electron chi connectivity index (χ4n) is 3.14. The molecule has 0 saturated heterocycles. The van der Waals surface area contributed by atoms with Gasteiger partial charge in [0.2, 0.25) is 5.91 Å². The zero-order valence-electron chi connectivity index (χ0n) is 15.7. The van der Waals surface area contributed by atoms with Crippen molar-refractivity contribution in [3.8, 4) is 5.75 Å². The van der Waals surface area contributed by atoms with Crippen molar-refractivity contribution in [2.45, 2.75) is 39.2 Å². The number of amides is 1. The minimum atomic E-state index is -0.715. The zero-order chi connectivity index (χ0) is 19.6. The summed E-state index contributed by atoms with van der Waals surface area (Å²) < 4.78 is 6.66. The summed E-state index contributed by atoms with van der Waals surface area (Å²) in [6.45, 7) is 3.88. The van der Waals surface area contributed by atoms with E-state index < -0.39 is 11.9 Å². The Balaban J connectivity index is 2.17. The number of carbonyl (C=O) groups is 1. The number of ether oxygens (including phenoxy) is 1. The second-order valence-corrected chi connectivity index (χ2v) is 7.45. The molecular weight excluding hydrogens is 362 g/mol. The fraction of sp³-hybridized carbons (Fsp3) is 0.350. The third-order valence-corrected chi connectivity index (χ3v) is 5.79. The lowest BCUT2D eigenvalue weighted by Gasteiger charge is -2.19. The molecule has 0 aliphatic carbocycles. The molecule has 0 fully saturated rings. The molecule has 142 valence electrons. The first kappa shape index (κ1) is 19.1. The molecule has 27 heavy (non-hydrogen) atoms. The predicted octanol–water partition coefficient (Wildman–Crippen LogP) is 3.06. The molecule has 3 rings (SSSR count). The minimum absolute atomic E-state index is 0.204. The Labute approximate surface area is 161 Å². The van der Waals surface area contributed by atoms with Crippen LogP contribution in [0.5, 0.6) is 5.75 Å². The van der Waals surface area contributed by atoms with Crippen LogP contribution in [-0.2, 0) is 17.6 Å². The number of nitrogens with zero attached hydrogens (tertiary/aromatic N) is 2. The highest BCUT2D eigenvalue weighted by Crippen LogP contribution is 2.25. The van der Waals surface area contributed by atoms with Gasteiger partial charge in [-0.2, -0.15) is 0 Å². The number of hydrogen-bond donors (Lipinski definition) is 1. The van der Waals surface area contributed by atoms with Gasteiger partial charge in [-0.05, 0) is 36.6 Å². The van der Waals surface area contributed by atoms with Crippen LogP contribution >= 0.6 is 11.3 Å². The lowest BCUT2D eigenvalue weighted by atomic mass is 10.1. The smallest absolute Gasteiger partial charge is 0.263 e. The SMILES string of the molecule is CCc1cc2c(=O)n(C(CC)C(N)=O)c(Cc3ccc(OC)cc3)nc2s1. The van der Waals surface area contributed by atoms with E-state index in [0.29, 0.717) is 28.9 Å². The van der Waals surface area contributed by atoms with Crippen molar-refractivity contribution in [1.82, 2.24) is 9.55 Å². The van der Waals surface area contributed by atoms with Crippen LogP contribution in [0.15, 0.2) is 35.1 Å². The van der Waals surface area contributed by atoms with E-state index >= 15 is 0 Å². The van der Waals surface area contributed by atoms with Crippen LogP contribution in [0.4, 0.5) is 0 Å². The number of nitrogens with two attached hydrogens (primary N) is 1. The van der Waals surface area contributed by atoms with Crippen LogP contribution in [0.2, 0.25) is 0 Å². The Morgan fingerprint density at radius 1 is 1.30 bits per heavy atom. The van der Waals surface area contributed by atoms with Crippen molar-refractivity contribution >= 4 is 27.5 Å². The van der Waals surface area contributed by atoms with Gasteiger partial charge in [-0.3, -0.25) is 14.2 Å². The molecular formula is C20H23N3O3S. The maximum atomic E-state index is 13.2. The van der Waals surface area contributed by atoms with Gasteiger partial charge in [0.1, 0.15) is 22.4 Å². The molecule has 2 N–H and O–H groups in total. The summed E-state index contributed by atoms with van der Waals surface area (Å²) >= 11 is 1.52. The summed E-state index contributed by atoms with van der Waals surface area (Å²) in [5.41, 5.74) is 6.35. The van der Waals surface area contributed by atoms with Gasteiger partial charge in [0.05, 0.1) is 12.5 Å². The Kier molecular flexibility index (Phi) is 5.60. The minimum Gasteiger partial charge on any atom is -0.497 e. The molecule has 7 heteroatoms. The summed E-state index contributed by atoms with van der Waals surface area (Å²) in [6, 6.07) is 8.74. The lowest BCUT2D eigenvalue weighted by Crippen LogP contribution is -2.36. The quantitative estimate of drug-likeness (QED) is 0.677. The molecule has 1 atom stereocenters. The van der Waals surface area contributed by atoms with E-state index in [9.17, 15) is 9.59 Å². The largest absolute Gasteiger partial charge is 0.497 e. The first-order chi connectivity index (χ1) is 13.0. The number of aromatic nitrogens is 2. The fourth-order valence-corrected chi connectivity index (χ4v) is 4.12. The van der Waals surface area contributed by atoms with E-state index in [1.807, 2.05) is 44.2 Å². The molecule has 2 aromatic heterocycles. The van der Waals surface area contributed by atoms with Crippen LogP contribution in [0.25, 0.3) is 10.2 Å². The topological polar surface area (TPSA) is 87.2 Å². The number of primary amides is 1. The van der Waals surface area contributed by atoms with Crippen molar-refractivity contribution in [2.24, 2.45) is 5.73 Å². The van der Waals surface area contributed by atoms with Gasteiger partial charge in [-0.1, -0.05) is 26.0 Å². The van der Waals surface area contributed by atoms with E-state index in [-0.39, 0.29) is 5.56 Å². The predicted molar refractivity (Wildman–Crippen MR) is 108 cm³/mol. The summed E-state index contributed by atoms with van der Waals surface area (Å²) in [7, 11) is 1.61. The molecule has 3 aromatic rings. The molecule has 1 aromatic carbocycles. The second kappa shape index (κ2) is 7.92. The first-order valence-corrected chi connectivity index (χ1v) is 9.76. The molecule has 0 spiro atoms. The van der Waals surface area contributed by atoms with Crippen LogP contribution in [0, 0.1) is 0 Å². The van der Waals surface area contributed by atoms with E-state index in [1.165, 1.54) is 15.9 Å². The van der Waals surface area contributed by atoms with E-state index in [4.69, 9.17) is 15.5 Å². The monoisotopic (exact) mass is 385 g/mol. The molecule has 0 bridgehead atoms. The number of benzene rings is 1. The summed E-state index contributed by atoms with van der Waals surface area (Å²) in [5.74, 6) is 0.782. The Morgan fingerprint density at radius 2 is 2.00 bits per heavy atom. The highest BCUT2D eigenvalue weighted by atomic mass is 32.1. The molecule has 0 aliphatic heterocycles. The van der Waals surface area contributed by atoms with Gasteiger partial charge in [0, 0.05) is 11.3 Å². The van der Waals surface area contributed by atoms with Crippen molar-refractivity contribution in [3.05, 3.63) is 57.0 Å². The average molecular weight is 385 g/mol. The normalized spacial score (nSPS) is 12.3. The summed E-state index contributed by atoms with van der Waals surface area (Å²) in [5, 5.41) is 0.551. The third-order valence-electron chi connectivity index (χ3n) is 4.62. The van der Waals surface area contributed by atoms with E-state index in [1.54, 1.807) is 7.11 Å². The average Bonchev–Trinajstić information content (AvgIpc) is 3.08. The number of hydrogen-bond acceptors (Lipinski definition) is 5. The maximum absolute atomic E-state index is 13.2. The Hall–Kier alpha value is -2.67. The standard InChI is InChI=1S/C20H23N3O3S/c1-4-14-11-15-19(27-14)22-17(10-12-6-8-13(26-3)9-7-12)23(20(15)25)16(5-2)18(21)24/h6-9,11,16H,4-5,10H2,1-3H3,(H2,21,24).